The average Bonchev–Trinajstić information content (AvgIpc) is 3.05. The standard InChI is InChI=1S/C22H28N2O4/c1-3-4-5-6-7-8-9-10-11-12-24-21(27)17-13-15-16(14-18(17)22(24)28)20(26)23(2)19(15)25/h13-14H,3-12H2,1-2H3. The molecule has 6 nitrogen and oxygen atoms in total. The van der Waals surface area contributed by atoms with Gasteiger partial charge in [-0.05, 0) is 18.6 Å². The summed E-state index contributed by atoms with van der Waals surface area (Å²) in [6.07, 6.45) is 10.4. The minimum atomic E-state index is -0.430. The van der Waals surface area contributed by atoms with Gasteiger partial charge in [0.1, 0.15) is 0 Å². The number of fused-ring (bicyclic) bond motifs is 2. The maximum atomic E-state index is 12.6. The van der Waals surface area contributed by atoms with Gasteiger partial charge in [0.05, 0.1) is 21.5 Å². The van der Waals surface area contributed by atoms with Crippen LogP contribution in [-0.4, -0.2) is 9.13 Å². The van der Waals surface area contributed by atoms with Gasteiger partial charge in [-0.25, -0.2) is 0 Å². The Hall–Kier alpha value is -2.50. The molecule has 28 heavy (non-hydrogen) atoms. The highest BCUT2D eigenvalue weighted by molar-refractivity contribution is 5.97. The summed E-state index contributed by atoms with van der Waals surface area (Å²) in [6, 6.07) is 2.82. The number of benzene rings is 1. The fraction of sp³-hybridized carbons (Fsp3) is 0.545. The molecule has 0 unspecified atom stereocenters. The van der Waals surface area contributed by atoms with Crippen LogP contribution >= 0.6 is 0 Å². The Labute approximate surface area is 163 Å². The molecule has 0 fully saturated rings. The first kappa shape index (κ1) is 20.2. The summed E-state index contributed by atoms with van der Waals surface area (Å²) < 4.78 is 2.26. The van der Waals surface area contributed by atoms with Gasteiger partial charge in [0.2, 0.25) is 0 Å². The molecule has 6 heteroatoms. The van der Waals surface area contributed by atoms with E-state index in [0.29, 0.717) is 6.54 Å². The van der Waals surface area contributed by atoms with Crippen molar-refractivity contribution < 1.29 is 0 Å². The summed E-state index contributed by atoms with van der Waals surface area (Å²) in [5.41, 5.74) is -1.59. The van der Waals surface area contributed by atoms with Crippen LogP contribution in [0.25, 0.3) is 21.5 Å². The Morgan fingerprint density at radius 1 is 0.607 bits per heavy atom. The van der Waals surface area contributed by atoms with E-state index in [1.54, 1.807) is 0 Å². The van der Waals surface area contributed by atoms with Crippen molar-refractivity contribution >= 4 is 21.5 Å². The number of rotatable bonds is 10. The van der Waals surface area contributed by atoms with E-state index in [9.17, 15) is 19.2 Å². The average molecular weight is 384 g/mol. The Balaban J connectivity index is 1.69. The first-order valence-corrected chi connectivity index (χ1v) is 10.3. The van der Waals surface area contributed by atoms with E-state index >= 15 is 0 Å². The summed E-state index contributed by atoms with van der Waals surface area (Å²) in [5, 5.41) is 0.877. The summed E-state index contributed by atoms with van der Waals surface area (Å²) in [5.74, 6) is 0. The molecule has 0 aliphatic rings. The molecule has 0 bridgehead atoms. The monoisotopic (exact) mass is 384 g/mol. The van der Waals surface area contributed by atoms with Gasteiger partial charge in [0, 0.05) is 13.6 Å². The van der Waals surface area contributed by atoms with E-state index in [1.165, 1.54) is 62.3 Å². The molecule has 0 N–H and O–H groups in total. The molecule has 3 aromatic rings. The van der Waals surface area contributed by atoms with Crippen molar-refractivity contribution in [1.29, 1.82) is 0 Å². The predicted molar refractivity (Wildman–Crippen MR) is 113 cm³/mol. The van der Waals surface area contributed by atoms with Crippen LogP contribution in [0.5, 0.6) is 0 Å². The van der Waals surface area contributed by atoms with Crippen molar-refractivity contribution in [3.63, 3.8) is 0 Å². The van der Waals surface area contributed by atoms with E-state index in [1.807, 2.05) is 0 Å². The zero-order valence-corrected chi connectivity index (χ0v) is 16.8. The van der Waals surface area contributed by atoms with Gasteiger partial charge >= 0.3 is 0 Å². The van der Waals surface area contributed by atoms with Crippen molar-refractivity contribution in [1.82, 2.24) is 9.13 Å². The topological polar surface area (TPSA) is 78.1 Å². The van der Waals surface area contributed by atoms with Gasteiger partial charge < -0.3 is 0 Å². The van der Waals surface area contributed by atoms with Gasteiger partial charge in [-0.2, -0.15) is 0 Å². The van der Waals surface area contributed by atoms with Crippen molar-refractivity contribution in [2.75, 3.05) is 0 Å². The minimum absolute atomic E-state index is 0.206. The van der Waals surface area contributed by atoms with Crippen LogP contribution in [0.2, 0.25) is 0 Å². The molecule has 3 rings (SSSR count). The van der Waals surface area contributed by atoms with Crippen molar-refractivity contribution in [2.24, 2.45) is 7.05 Å². The molecule has 1 aromatic carbocycles. The van der Waals surface area contributed by atoms with E-state index in [4.69, 9.17) is 0 Å². The molecule has 2 heterocycles. The predicted octanol–water partition coefficient (Wildman–Crippen LogP) is 2.98. The largest absolute Gasteiger partial charge is 0.277 e. The lowest BCUT2D eigenvalue weighted by molar-refractivity contribution is 0.532. The van der Waals surface area contributed by atoms with Crippen LogP contribution in [0.3, 0.4) is 0 Å². The number of hydrogen-bond donors (Lipinski definition) is 0. The van der Waals surface area contributed by atoms with Crippen LogP contribution < -0.4 is 22.2 Å². The first-order valence-electron chi connectivity index (χ1n) is 10.3. The SMILES string of the molecule is CCCCCCCCCCCn1c(=O)c2cc3c(=O)n(C)c(=O)c3cc2c1=O. The number of unbranched alkanes of at least 4 members (excludes halogenated alkanes) is 8. The lowest BCUT2D eigenvalue weighted by atomic mass is 10.1. The fourth-order valence-electron chi connectivity index (χ4n) is 3.93. The summed E-state index contributed by atoms with van der Waals surface area (Å²) in [7, 11) is 1.40. The normalized spacial score (nSPS) is 11.8. The van der Waals surface area contributed by atoms with Crippen LogP contribution in [0.15, 0.2) is 31.3 Å². The van der Waals surface area contributed by atoms with Crippen molar-refractivity contribution in [3.8, 4) is 0 Å². The van der Waals surface area contributed by atoms with Crippen LogP contribution in [0.1, 0.15) is 64.7 Å². The first-order chi connectivity index (χ1) is 13.5. The molecule has 0 radical (unpaired) electrons. The Bertz CT molecular complexity index is 1100. The van der Waals surface area contributed by atoms with E-state index in [0.717, 1.165) is 23.8 Å². The minimum Gasteiger partial charge on any atom is -0.277 e. The second-order valence-electron chi connectivity index (χ2n) is 7.70. The molecule has 0 aliphatic heterocycles. The van der Waals surface area contributed by atoms with Crippen molar-refractivity contribution in [3.05, 3.63) is 53.5 Å². The Morgan fingerprint density at radius 3 is 1.46 bits per heavy atom. The molecule has 2 aromatic heterocycles. The van der Waals surface area contributed by atoms with E-state index in [2.05, 4.69) is 6.92 Å². The number of nitrogens with zero attached hydrogens (tertiary/aromatic N) is 2. The molecular formula is C22H28N2O4. The van der Waals surface area contributed by atoms with Gasteiger partial charge in [0.25, 0.3) is 22.2 Å². The smallest absolute Gasteiger partial charge is 0.261 e. The second-order valence-corrected chi connectivity index (χ2v) is 7.70. The summed E-state index contributed by atoms with van der Waals surface area (Å²) in [4.78, 5) is 49.5. The van der Waals surface area contributed by atoms with Gasteiger partial charge in [-0.15, -0.1) is 0 Å². The van der Waals surface area contributed by atoms with Gasteiger partial charge in [-0.1, -0.05) is 58.3 Å². The highest BCUT2D eigenvalue weighted by Gasteiger charge is 2.18. The molecule has 0 saturated carbocycles. The molecule has 0 spiro atoms. The zero-order chi connectivity index (χ0) is 20.3. The number of aromatic nitrogens is 2. The maximum absolute atomic E-state index is 12.6. The third-order valence-electron chi connectivity index (χ3n) is 5.66. The highest BCUT2D eigenvalue weighted by Crippen LogP contribution is 2.15. The van der Waals surface area contributed by atoms with E-state index in [-0.39, 0.29) is 32.7 Å². The molecule has 0 atom stereocenters. The van der Waals surface area contributed by atoms with Crippen LogP contribution in [-0.2, 0) is 13.6 Å². The molecule has 0 saturated heterocycles. The second kappa shape index (κ2) is 8.67. The van der Waals surface area contributed by atoms with Crippen LogP contribution in [0.4, 0.5) is 0 Å². The lowest BCUT2D eigenvalue weighted by Crippen LogP contribution is -2.25. The number of hydrogen-bond acceptors (Lipinski definition) is 4. The van der Waals surface area contributed by atoms with E-state index < -0.39 is 11.1 Å². The van der Waals surface area contributed by atoms with Gasteiger partial charge in [0.15, 0.2) is 0 Å². The van der Waals surface area contributed by atoms with Gasteiger partial charge in [-0.3, -0.25) is 28.3 Å². The fourth-order valence-corrected chi connectivity index (χ4v) is 3.93. The summed E-state index contributed by atoms with van der Waals surface area (Å²) >= 11 is 0. The Morgan fingerprint density at radius 2 is 1.00 bits per heavy atom. The lowest BCUT2D eigenvalue weighted by Gasteiger charge is -2.02. The Kier molecular flexibility index (Phi) is 6.27. The molecule has 150 valence electrons. The quantitative estimate of drug-likeness (QED) is 0.504. The zero-order valence-electron chi connectivity index (χ0n) is 16.8. The maximum Gasteiger partial charge on any atom is 0.261 e. The van der Waals surface area contributed by atoms with Crippen molar-refractivity contribution in [2.45, 2.75) is 71.3 Å². The third kappa shape index (κ3) is 3.73. The highest BCUT2D eigenvalue weighted by atomic mass is 16.2. The summed E-state index contributed by atoms with van der Waals surface area (Å²) in [6.45, 7) is 2.59. The molecule has 0 amide bonds. The molecular weight excluding hydrogens is 356 g/mol. The molecule has 0 aliphatic carbocycles. The third-order valence-corrected chi connectivity index (χ3v) is 5.66. The van der Waals surface area contributed by atoms with Crippen LogP contribution in [0, 0.1) is 0 Å².